The van der Waals surface area contributed by atoms with E-state index in [9.17, 15) is 9.59 Å². The maximum Gasteiger partial charge on any atom is 0.409 e. The van der Waals surface area contributed by atoms with E-state index in [0.29, 0.717) is 38.4 Å². The van der Waals surface area contributed by atoms with Crippen molar-refractivity contribution in [2.75, 3.05) is 32.8 Å². The second kappa shape index (κ2) is 7.52. The number of nitrogens with one attached hydrogen (secondary N) is 1. The van der Waals surface area contributed by atoms with Gasteiger partial charge >= 0.3 is 6.09 Å². The number of aryl methyl sites for hydroxylation is 1. The van der Waals surface area contributed by atoms with Crippen molar-refractivity contribution in [2.45, 2.75) is 13.3 Å². The van der Waals surface area contributed by atoms with Crippen molar-refractivity contribution >= 4 is 12.0 Å². The predicted molar refractivity (Wildman–Crippen MR) is 77.2 cm³/mol. The molecule has 21 heavy (non-hydrogen) atoms. The molecule has 6 nitrogen and oxygen atoms in total. The Bertz CT molecular complexity index is 504. The van der Waals surface area contributed by atoms with Gasteiger partial charge in [0.2, 0.25) is 0 Å². The van der Waals surface area contributed by atoms with Crippen LogP contribution < -0.4 is 10.1 Å². The molecule has 0 spiro atoms. The van der Waals surface area contributed by atoms with Crippen LogP contribution in [0, 0.1) is 6.92 Å². The molecule has 1 N–H and O–H groups in total. The molecule has 1 aromatic rings. The van der Waals surface area contributed by atoms with Gasteiger partial charge in [-0.1, -0.05) is 12.1 Å². The topological polar surface area (TPSA) is 67.9 Å². The largest absolute Gasteiger partial charge is 0.484 e. The van der Waals surface area contributed by atoms with Gasteiger partial charge in [-0.15, -0.1) is 0 Å². The Morgan fingerprint density at radius 1 is 1.48 bits per heavy atom. The zero-order valence-corrected chi connectivity index (χ0v) is 12.1. The number of hydrogen-bond acceptors (Lipinski definition) is 4. The third kappa shape index (κ3) is 4.98. The Kier molecular flexibility index (Phi) is 5.43. The lowest BCUT2D eigenvalue weighted by atomic mass is 10.2. The molecule has 6 heteroatoms. The van der Waals surface area contributed by atoms with Crippen molar-refractivity contribution in [3.63, 3.8) is 0 Å². The molecule has 2 rings (SSSR count). The molecular weight excluding hydrogens is 272 g/mol. The van der Waals surface area contributed by atoms with Gasteiger partial charge in [-0.05, 0) is 31.0 Å². The van der Waals surface area contributed by atoms with Gasteiger partial charge in [0.15, 0.2) is 6.61 Å². The van der Waals surface area contributed by atoms with Crippen LogP contribution in [0.3, 0.4) is 0 Å². The fraction of sp³-hybridized carbons (Fsp3) is 0.467. The Morgan fingerprint density at radius 3 is 3.05 bits per heavy atom. The van der Waals surface area contributed by atoms with Crippen molar-refractivity contribution in [3.8, 4) is 5.75 Å². The minimum absolute atomic E-state index is 0.00475. The zero-order valence-electron chi connectivity index (χ0n) is 12.1. The summed E-state index contributed by atoms with van der Waals surface area (Å²) in [5.74, 6) is 0.519. The number of rotatable bonds is 7. The number of ether oxygens (including phenoxy) is 2. The van der Waals surface area contributed by atoms with Gasteiger partial charge in [-0.2, -0.15) is 0 Å². The van der Waals surface area contributed by atoms with Crippen LogP contribution in [0.5, 0.6) is 5.75 Å². The lowest BCUT2D eigenvalue weighted by Gasteiger charge is -2.12. The highest BCUT2D eigenvalue weighted by Crippen LogP contribution is 2.11. The van der Waals surface area contributed by atoms with Gasteiger partial charge < -0.3 is 19.7 Å². The summed E-state index contributed by atoms with van der Waals surface area (Å²) in [7, 11) is 0. The van der Waals surface area contributed by atoms with E-state index >= 15 is 0 Å². The number of carbonyl (C=O) groups excluding carboxylic acids is 2. The summed E-state index contributed by atoms with van der Waals surface area (Å²) in [5, 5.41) is 2.76. The number of hydrogen-bond donors (Lipinski definition) is 1. The Hall–Kier alpha value is -2.24. The van der Waals surface area contributed by atoms with Crippen molar-refractivity contribution in [1.29, 1.82) is 0 Å². The van der Waals surface area contributed by atoms with Gasteiger partial charge in [0.05, 0.1) is 6.54 Å². The summed E-state index contributed by atoms with van der Waals surface area (Å²) in [5.41, 5.74) is 1.09. The minimum Gasteiger partial charge on any atom is -0.484 e. The third-order valence-corrected chi connectivity index (χ3v) is 3.13. The van der Waals surface area contributed by atoms with Crippen LogP contribution in [-0.4, -0.2) is 49.7 Å². The maximum absolute atomic E-state index is 11.6. The summed E-state index contributed by atoms with van der Waals surface area (Å²) in [6.07, 6.45) is 0.426. The molecule has 114 valence electrons. The lowest BCUT2D eigenvalue weighted by Crippen LogP contribution is -2.32. The molecular formula is C15H20N2O4. The first kappa shape index (κ1) is 15.2. The highest BCUT2D eigenvalue weighted by atomic mass is 16.6. The predicted octanol–water partition coefficient (Wildman–Crippen LogP) is 1.33. The van der Waals surface area contributed by atoms with Crippen LogP contribution in [0.1, 0.15) is 12.0 Å². The molecule has 1 aromatic carbocycles. The van der Waals surface area contributed by atoms with Crippen molar-refractivity contribution in [1.82, 2.24) is 10.2 Å². The van der Waals surface area contributed by atoms with E-state index in [4.69, 9.17) is 9.47 Å². The van der Waals surface area contributed by atoms with Gasteiger partial charge in [0, 0.05) is 13.1 Å². The van der Waals surface area contributed by atoms with E-state index in [1.165, 1.54) is 0 Å². The summed E-state index contributed by atoms with van der Waals surface area (Å²) in [6.45, 7) is 4.15. The summed E-state index contributed by atoms with van der Waals surface area (Å²) >= 11 is 0. The molecule has 0 bridgehead atoms. The van der Waals surface area contributed by atoms with E-state index in [0.717, 1.165) is 5.56 Å². The van der Waals surface area contributed by atoms with E-state index in [-0.39, 0.29) is 18.6 Å². The Morgan fingerprint density at radius 2 is 2.33 bits per heavy atom. The van der Waals surface area contributed by atoms with Crippen molar-refractivity contribution < 1.29 is 19.1 Å². The quantitative estimate of drug-likeness (QED) is 0.770. The highest BCUT2D eigenvalue weighted by molar-refractivity contribution is 5.77. The molecule has 1 fully saturated rings. The molecule has 1 aliphatic rings. The van der Waals surface area contributed by atoms with Gasteiger partial charge in [0.1, 0.15) is 12.4 Å². The Balaban J connectivity index is 1.58. The first-order chi connectivity index (χ1) is 10.1. The molecule has 0 unspecified atom stereocenters. The number of cyclic esters (lactones) is 1. The van der Waals surface area contributed by atoms with E-state index in [1.807, 2.05) is 31.2 Å². The summed E-state index contributed by atoms with van der Waals surface area (Å²) in [4.78, 5) is 24.4. The van der Waals surface area contributed by atoms with Crippen LogP contribution in [0.2, 0.25) is 0 Å². The molecule has 1 aliphatic heterocycles. The molecule has 1 saturated heterocycles. The number of carbonyl (C=O) groups is 2. The van der Waals surface area contributed by atoms with E-state index in [1.54, 1.807) is 4.90 Å². The van der Waals surface area contributed by atoms with E-state index < -0.39 is 0 Å². The zero-order chi connectivity index (χ0) is 15.1. The first-order valence-electron chi connectivity index (χ1n) is 7.03. The number of amides is 2. The maximum atomic E-state index is 11.6. The molecule has 0 atom stereocenters. The van der Waals surface area contributed by atoms with Crippen LogP contribution in [0.25, 0.3) is 0 Å². The minimum atomic E-state index is -0.274. The van der Waals surface area contributed by atoms with Crippen LogP contribution in [0.4, 0.5) is 4.79 Å². The van der Waals surface area contributed by atoms with Crippen molar-refractivity contribution in [2.24, 2.45) is 0 Å². The highest BCUT2D eigenvalue weighted by Gasteiger charge is 2.20. The standard InChI is InChI=1S/C15H20N2O4/c1-12-4-2-5-13(10-12)21-11-14(18)16-6-3-7-17-8-9-20-15(17)19/h2,4-5,10H,3,6-9,11H2,1H3,(H,16,18). The lowest BCUT2D eigenvalue weighted by molar-refractivity contribution is -0.123. The van der Waals surface area contributed by atoms with Crippen LogP contribution >= 0.6 is 0 Å². The second-order valence-electron chi connectivity index (χ2n) is 4.91. The SMILES string of the molecule is Cc1cccc(OCC(=O)NCCCN2CCOC2=O)c1. The van der Waals surface area contributed by atoms with Crippen LogP contribution in [0.15, 0.2) is 24.3 Å². The van der Waals surface area contributed by atoms with Gasteiger partial charge in [-0.25, -0.2) is 4.79 Å². The van der Waals surface area contributed by atoms with Crippen LogP contribution in [-0.2, 0) is 9.53 Å². The smallest absolute Gasteiger partial charge is 0.409 e. The second-order valence-corrected chi connectivity index (χ2v) is 4.91. The first-order valence-corrected chi connectivity index (χ1v) is 7.03. The molecule has 0 aliphatic carbocycles. The molecule has 1 heterocycles. The number of nitrogens with zero attached hydrogens (tertiary/aromatic N) is 1. The average molecular weight is 292 g/mol. The van der Waals surface area contributed by atoms with Crippen molar-refractivity contribution in [3.05, 3.63) is 29.8 Å². The summed E-state index contributed by atoms with van der Waals surface area (Å²) in [6, 6.07) is 7.56. The fourth-order valence-corrected chi connectivity index (χ4v) is 2.03. The number of benzene rings is 1. The normalized spacial score (nSPS) is 14.0. The molecule has 0 saturated carbocycles. The van der Waals surface area contributed by atoms with Gasteiger partial charge in [0.25, 0.3) is 5.91 Å². The molecule has 0 aromatic heterocycles. The van der Waals surface area contributed by atoms with Gasteiger partial charge in [-0.3, -0.25) is 4.79 Å². The Labute approximate surface area is 124 Å². The van der Waals surface area contributed by atoms with E-state index in [2.05, 4.69) is 5.32 Å². The fourth-order valence-electron chi connectivity index (χ4n) is 2.03. The molecule has 2 amide bonds. The molecule has 0 radical (unpaired) electrons. The average Bonchev–Trinajstić information content (AvgIpc) is 2.87. The third-order valence-electron chi connectivity index (χ3n) is 3.13. The monoisotopic (exact) mass is 292 g/mol. The summed E-state index contributed by atoms with van der Waals surface area (Å²) < 4.78 is 10.2.